The van der Waals surface area contributed by atoms with Crippen molar-refractivity contribution in [3.8, 4) is 0 Å². The number of fused-ring (bicyclic) bond motifs is 5. The molecule has 0 heterocycles. The van der Waals surface area contributed by atoms with Gasteiger partial charge in [-0.15, -0.1) is 0 Å². The summed E-state index contributed by atoms with van der Waals surface area (Å²) in [5.41, 5.74) is 3.45. The van der Waals surface area contributed by atoms with Gasteiger partial charge in [-0.1, -0.05) is 57.9 Å². The van der Waals surface area contributed by atoms with E-state index in [0.29, 0.717) is 41.8 Å². The third-order valence-corrected chi connectivity index (χ3v) is 9.69. The van der Waals surface area contributed by atoms with Crippen molar-refractivity contribution < 1.29 is 9.90 Å². The van der Waals surface area contributed by atoms with Crippen LogP contribution in [0.5, 0.6) is 0 Å². The lowest BCUT2D eigenvalue weighted by molar-refractivity contribution is -0.131. The molecular weight excluding hydrogens is 356 g/mol. The molecular formula is C27H42O2. The molecule has 0 aromatic rings. The van der Waals surface area contributed by atoms with Crippen molar-refractivity contribution in [1.82, 2.24) is 0 Å². The maximum Gasteiger partial charge on any atom is 0.133 e. The molecule has 0 amide bonds. The van der Waals surface area contributed by atoms with Crippen molar-refractivity contribution in [2.75, 3.05) is 0 Å². The highest BCUT2D eigenvalue weighted by Crippen LogP contribution is 2.66. The Bertz CT molecular complexity index is 703. The summed E-state index contributed by atoms with van der Waals surface area (Å²) in [6.07, 6.45) is 12.8. The van der Waals surface area contributed by atoms with Gasteiger partial charge in [0, 0.05) is 18.8 Å². The lowest BCUT2D eigenvalue weighted by Gasteiger charge is -2.57. The highest BCUT2D eigenvalue weighted by Gasteiger charge is 2.59. The Labute approximate surface area is 178 Å². The zero-order valence-corrected chi connectivity index (χ0v) is 19.2. The minimum Gasteiger partial charge on any atom is -0.389 e. The number of allylic oxidation sites excluding steroid dienone is 2. The molecule has 0 aromatic carbocycles. The molecule has 3 saturated carbocycles. The summed E-state index contributed by atoms with van der Waals surface area (Å²) in [6.45, 7) is 14.1. The second-order valence-electron chi connectivity index (χ2n) is 11.7. The number of aliphatic hydroxyl groups excluding tert-OH is 1. The standard InChI is InChI=1S/C27H42O2/c1-17(2)7-6-8-18(3)21-9-10-22-20-16-25(29)24-15-19(28)11-13-27(24,5)23(20)12-14-26(21,22)4/h16-17,21-25,29H,3,6-15H2,1-2,4-5H3/t21-,22+,23+,24+,25-,26-,27-/m1/s1. The molecule has 4 rings (SSSR count). The Morgan fingerprint density at radius 2 is 1.90 bits per heavy atom. The van der Waals surface area contributed by atoms with Crippen molar-refractivity contribution in [2.24, 2.45) is 40.4 Å². The average molecular weight is 399 g/mol. The number of ketones is 1. The Hall–Kier alpha value is -0.890. The number of Topliss-reactive ketones (excluding diaryl/α,β-unsaturated/α-hetero) is 1. The van der Waals surface area contributed by atoms with E-state index >= 15 is 0 Å². The van der Waals surface area contributed by atoms with E-state index < -0.39 is 6.10 Å². The van der Waals surface area contributed by atoms with E-state index in [9.17, 15) is 9.90 Å². The van der Waals surface area contributed by atoms with Crippen LogP contribution in [0.1, 0.15) is 91.9 Å². The van der Waals surface area contributed by atoms with Crippen molar-refractivity contribution in [1.29, 1.82) is 0 Å². The molecule has 0 radical (unpaired) electrons. The molecule has 0 saturated heterocycles. The number of carbonyl (C=O) groups excluding carboxylic acids is 1. The molecule has 0 bridgehead atoms. The van der Waals surface area contributed by atoms with Gasteiger partial charge in [0.15, 0.2) is 0 Å². The van der Waals surface area contributed by atoms with E-state index in [4.69, 9.17) is 0 Å². The molecule has 4 aliphatic rings. The van der Waals surface area contributed by atoms with Gasteiger partial charge in [0.05, 0.1) is 6.10 Å². The molecule has 4 aliphatic carbocycles. The van der Waals surface area contributed by atoms with Crippen molar-refractivity contribution in [3.63, 3.8) is 0 Å². The van der Waals surface area contributed by atoms with Crippen LogP contribution in [0, 0.1) is 40.4 Å². The lowest BCUT2D eigenvalue weighted by atomic mass is 9.47. The quantitative estimate of drug-likeness (QED) is 0.538. The van der Waals surface area contributed by atoms with Gasteiger partial charge in [-0.2, -0.15) is 0 Å². The first-order valence-electron chi connectivity index (χ1n) is 12.3. The van der Waals surface area contributed by atoms with E-state index in [1.54, 1.807) is 5.57 Å². The average Bonchev–Trinajstić information content (AvgIpc) is 3.00. The molecule has 1 N–H and O–H groups in total. The van der Waals surface area contributed by atoms with Gasteiger partial charge in [-0.25, -0.2) is 0 Å². The molecule has 0 unspecified atom stereocenters. The van der Waals surface area contributed by atoms with Crippen LogP contribution >= 0.6 is 0 Å². The van der Waals surface area contributed by atoms with E-state index in [1.165, 1.54) is 50.5 Å². The summed E-state index contributed by atoms with van der Waals surface area (Å²) in [5.74, 6) is 3.05. The van der Waals surface area contributed by atoms with Gasteiger partial charge in [-0.3, -0.25) is 4.79 Å². The summed E-state index contributed by atoms with van der Waals surface area (Å²) < 4.78 is 0. The number of carbonyl (C=O) groups is 1. The highest BCUT2D eigenvalue weighted by molar-refractivity contribution is 5.80. The molecule has 0 aromatic heterocycles. The normalized spacial score (nSPS) is 44.1. The summed E-state index contributed by atoms with van der Waals surface area (Å²) in [7, 11) is 0. The smallest absolute Gasteiger partial charge is 0.133 e. The molecule has 0 aliphatic heterocycles. The Morgan fingerprint density at radius 1 is 1.17 bits per heavy atom. The second-order valence-corrected chi connectivity index (χ2v) is 11.7. The monoisotopic (exact) mass is 398 g/mol. The molecule has 29 heavy (non-hydrogen) atoms. The van der Waals surface area contributed by atoms with Gasteiger partial charge in [0.25, 0.3) is 0 Å². The minimum atomic E-state index is -0.439. The van der Waals surface area contributed by atoms with Crippen LogP contribution in [0.25, 0.3) is 0 Å². The molecule has 2 heteroatoms. The number of aliphatic hydroxyl groups is 1. The van der Waals surface area contributed by atoms with Gasteiger partial charge in [0.2, 0.25) is 0 Å². The fourth-order valence-electron chi connectivity index (χ4n) is 7.95. The van der Waals surface area contributed by atoms with Crippen LogP contribution in [-0.4, -0.2) is 17.0 Å². The minimum absolute atomic E-state index is 0.102. The lowest BCUT2D eigenvalue weighted by Crippen LogP contribution is -2.53. The highest BCUT2D eigenvalue weighted by atomic mass is 16.3. The van der Waals surface area contributed by atoms with E-state index in [1.807, 2.05) is 0 Å². The maximum atomic E-state index is 12.1. The SMILES string of the molecule is C=C(CCCC(C)C)[C@H]1CC[C@H]2C3=C[C@@H](O)[C@@H]4CC(=O)CC[C@]4(C)[C@H]3CC[C@]12C. The fraction of sp³-hybridized carbons (Fsp3) is 0.815. The molecule has 2 nitrogen and oxygen atoms in total. The zero-order chi connectivity index (χ0) is 21.0. The van der Waals surface area contributed by atoms with Crippen LogP contribution in [0.2, 0.25) is 0 Å². The Kier molecular flexibility index (Phi) is 5.64. The van der Waals surface area contributed by atoms with Crippen LogP contribution in [-0.2, 0) is 4.79 Å². The third kappa shape index (κ3) is 3.48. The van der Waals surface area contributed by atoms with Crippen molar-refractivity contribution in [2.45, 2.75) is 98.0 Å². The van der Waals surface area contributed by atoms with Crippen LogP contribution in [0.3, 0.4) is 0 Å². The van der Waals surface area contributed by atoms with Gasteiger partial charge >= 0.3 is 0 Å². The Morgan fingerprint density at radius 3 is 2.62 bits per heavy atom. The molecule has 0 spiro atoms. The topological polar surface area (TPSA) is 37.3 Å². The van der Waals surface area contributed by atoms with Crippen molar-refractivity contribution in [3.05, 3.63) is 23.8 Å². The van der Waals surface area contributed by atoms with Gasteiger partial charge in [0.1, 0.15) is 5.78 Å². The summed E-state index contributed by atoms with van der Waals surface area (Å²) in [6, 6.07) is 0. The maximum absolute atomic E-state index is 12.1. The second kappa shape index (κ2) is 7.66. The van der Waals surface area contributed by atoms with Gasteiger partial charge in [-0.05, 0) is 79.4 Å². The molecule has 7 atom stereocenters. The van der Waals surface area contributed by atoms with Crippen LogP contribution in [0.4, 0.5) is 0 Å². The van der Waals surface area contributed by atoms with Crippen LogP contribution < -0.4 is 0 Å². The third-order valence-electron chi connectivity index (χ3n) is 9.69. The first-order chi connectivity index (χ1) is 13.7. The first kappa shape index (κ1) is 21.3. The predicted molar refractivity (Wildman–Crippen MR) is 119 cm³/mol. The number of hydrogen-bond donors (Lipinski definition) is 1. The van der Waals surface area contributed by atoms with Gasteiger partial charge < -0.3 is 5.11 Å². The largest absolute Gasteiger partial charge is 0.389 e. The van der Waals surface area contributed by atoms with Crippen molar-refractivity contribution >= 4 is 5.78 Å². The number of hydrogen-bond acceptors (Lipinski definition) is 2. The summed E-state index contributed by atoms with van der Waals surface area (Å²) >= 11 is 0. The first-order valence-corrected chi connectivity index (χ1v) is 12.3. The number of rotatable bonds is 5. The van der Waals surface area contributed by atoms with E-state index in [2.05, 4.69) is 40.3 Å². The predicted octanol–water partition coefficient (Wildman–Crippen LogP) is 6.49. The van der Waals surface area contributed by atoms with Crippen LogP contribution in [0.15, 0.2) is 23.8 Å². The summed E-state index contributed by atoms with van der Waals surface area (Å²) in [4.78, 5) is 12.1. The molecule has 162 valence electrons. The van der Waals surface area contributed by atoms with E-state index in [0.717, 1.165) is 12.3 Å². The zero-order valence-electron chi connectivity index (χ0n) is 19.2. The fourth-order valence-corrected chi connectivity index (χ4v) is 7.95. The summed E-state index contributed by atoms with van der Waals surface area (Å²) in [5, 5.41) is 11.0. The van der Waals surface area contributed by atoms with E-state index in [-0.39, 0.29) is 11.3 Å². The Balaban J connectivity index is 1.56. The molecule has 3 fully saturated rings.